The Kier molecular flexibility index (Phi) is 5.23. The second kappa shape index (κ2) is 7.58. The van der Waals surface area contributed by atoms with Gasteiger partial charge in [-0.1, -0.05) is 30.3 Å². The molecule has 6 heteroatoms. The predicted octanol–water partition coefficient (Wildman–Crippen LogP) is 1.84. The van der Waals surface area contributed by atoms with Crippen molar-refractivity contribution in [3.63, 3.8) is 0 Å². The number of hydrogen-bond acceptors (Lipinski definition) is 4. The Hall–Kier alpha value is -2.86. The summed E-state index contributed by atoms with van der Waals surface area (Å²) in [6, 6.07) is 15.3. The fourth-order valence-electron chi connectivity index (χ4n) is 2.92. The van der Waals surface area contributed by atoms with Gasteiger partial charge in [-0.25, -0.2) is 0 Å². The van der Waals surface area contributed by atoms with Crippen molar-refractivity contribution < 1.29 is 19.4 Å². The Bertz CT molecular complexity index is 770. The maximum Gasteiger partial charge on any atom is 0.249 e. The van der Waals surface area contributed by atoms with E-state index in [9.17, 15) is 14.7 Å². The third kappa shape index (κ3) is 3.70. The maximum atomic E-state index is 12.7. The van der Waals surface area contributed by atoms with E-state index >= 15 is 0 Å². The lowest BCUT2D eigenvalue weighted by Crippen LogP contribution is -2.49. The second-order valence-corrected chi connectivity index (χ2v) is 6.37. The van der Waals surface area contributed by atoms with Gasteiger partial charge >= 0.3 is 0 Å². The Morgan fingerprint density at radius 1 is 1.12 bits per heavy atom. The molecule has 2 amide bonds. The molecule has 0 saturated heterocycles. The zero-order valence-corrected chi connectivity index (χ0v) is 14.6. The van der Waals surface area contributed by atoms with Crippen molar-refractivity contribution in [2.24, 2.45) is 0 Å². The number of carbonyl (C=O) groups excluding carboxylic acids is 2. The molecule has 136 valence electrons. The third-order valence-electron chi connectivity index (χ3n) is 4.67. The van der Waals surface area contributed by atoms with E-state index in [0.717, 1.165) is 18.4 Å². The molecule has 1 aliphatic carbocycles. The molecule has 2 aromatic carbocycles. The number of methoxy groups -OCH3 is 1. The van der Waals surface area contributed by atoms with E-state index in [1.54, 1.807) is 31.4 Å². The number of anilines is 1. The first-order valence-corrected chi connectivity index (χ1v) is 8.51. The summed E-state index contributed by atoms with van der Waals surface area (Å²) >= 11 is 0. The van der Waals surface area contributed by atoms with E-state index in [1.165, 1.54) is 0 Å². The van der Waals surface area contributed by atoms with E-state index in [0.29, 0.717) is 11.4 Å². The number of rotatable bonds is 7. The number of aliphatic hydroxyl groups is 1. The summed E-state index contributed by atoms with van der Waals surface area (Å²) < 4.78 is 5.07. The molecule has 1 atom stereocenters. The Balaban J connectivity index is 1.65. The van der Waals surface area contributed by atoms with Crippen LogP contribution in [0.25, 0.3) is 0 Å². The lowest BCUT2D eigenvalue weighted by molar-refractivity contribution is -0.129. The van der Waals surface area contributed by atoms with Gasteiger partial charge < -0.3 is 20.5 Å². The minimum absolute atomic E-state index is 0.229. The molecular formula is C20H22N2O4. The van der Waals surface area contributed by atoms with E-state index in [4.69, 9.17) is 4.74 Å². The van der Waals surface area contributed by atoms with Crippen LogP contribution in [0, 0.1) is 0 Å². The summed E-state index contributed by atoms with van der Waals surface area (Å²) in [4.78, 5) is 25.1. The first kappa shape index (κ1) is 17.9. The van der Waals surface area contributed by atoms with E-state index < -0.39 is 24.0 Å². The van der Waals surface area contributed by atoms with Crippen LogP contribution in [0.1, 0.15) is 18.4 Å². The Labute approximate surface area is 152 Å². The largest absolute Gasteiger partial charge is 0.497 e. The van der Waals surface area contributed by atoms with Gasteiger partial charge in [0.2, 0.25) is 11.8 Å². The fraction of sp³-hybridized carbons (Fsp3) is 0.300. The summed E-state index contributed by atoms with van der Waals surface area (Å²) in [5, 5.41) is 14.9. The lowest BCUT2D eigenvalue weighted by Gasteiger charge is -2.21. The molecule has 1 saturated carbocycles. The van der Waals surface area contributed by atoms with Crippen LogP contribution in [0.5, 0.6) is 5.75 Å². The fourth-order valence-corrected chi connectivity index (χ4v) is 2.92. The highest BCUT2D eigenvalue weighted by atomic mass is 16.5. The molecule has 0 radical (unpaired) electrons. The van der Waals surface area contributed by atoms with E-state index in [2.05, 4.69) is 10.6 Å². The predicted molar refractivity (Wildman–Crippen MR) is 98.0 cm³/mol. The summed E-state index contributed by atoms with van der Waals surface area (Å²) in [6.07, 6.45) is 1.47. The summed E-state index contributed by atoms with van der Waals surface area (Å²) in [6.45, 7) is -0.474. The molecular weight excluding hydrogens is 332 g/mol. The van der Waals surface area contributed by atoms with Crippen LogP contribution in [-0.2, 0) is 15.0 Å². The number of benzene rings is 2. The molecule has 6 nitrogen and oxygen atoms in total. The number of ether oxygens (including phenoxy) is 1. The van der Waals surface area contributed by atoms with E-state index in [1.807, 2.05) is 30.3 Å². The number of carbonyl (C=O) groups is 2. The first-order chi connectivity index (χ1) is 12.6. The SMILES string of the molecule is COc1ccc(NC(=O)[C@H](CO)NC(=O)C2(c3ccccc3)CC2)cc1. The van der Waals surface area contributed by atoms with Gasteiger partial charge in [0.15, 0.2) is 0 Å². The molecule has 0 aliphatic heterocycles. The minimum atomic E-state index is -1.01. The first-order valence-electron chi connectivity index (χ1n) is 8.51. The zero-order chi connectivity index (χ0) is 18.6. The van der Waals surface area contributed by atoms with Crippen molar-refractivity contribution >= 4 is 17.5 Å². The molecule has 0 spiro atoms. The molecule has 2 aromatic rings. The molecule has 1 fully saturated rings. The van der Waals surface area contributed by atoms with Crippen LogP contribution in [0.15, 0.2) is 54.6 Å². The highest BCUT2D eigenvalue weighted by molar-refractivity contribution is 6.00. The lowest BCUT2D eigenvalue weighted by atomic mass is 9.94. The van der Waals surface area contributed by atoms with Crippen molar-refractivity contribution in [1.29, 1.82) is 0 Å². The molecule has 0 unspecified atom stereocenters. The van der Waals surface area contributed by atoms with Crippen molar-refractivity contribution in [2.75, 3.05) is 19.0 Å². The standard InChI is InChI=1S/C20H22N2O4/c1-26-16-9-7-15(8-10-16)21-18(24)17(13-23)22-19(25)20(11-12-20)14-5-3-2-4-6-14/h2-10,17,23H,11-13H2,1H3,(H,21,24)(H,22,25)/t17-/m0/s1. The van der Waals surface area contributed by atoms with Crippen LogP contribution in [0.2, 0.25) is 0 Å². The zero-order valence-electron chi connectivity index (χ0n) is 14.6. The quantitative estimate of drug-likeness (QED) is 0.708. The minimum Gasteiger partial charge on any atom is -0.497 e. The average Bonchev–Trinajstić information content (AvgIpc) is 3.49. The summed E-state index contributed by atoms with van der Waals surface area (Å²) in [5.41, 5.74) is 0.909. The second-order valence-electron chi connectivity index (χ2n) is 6.37. The topological polar surface area (TPSA) is 87.7 Å². The van der Waals surface area contributed by atoms with Crippen LogP contribution in [-0.4, -0.2) is 36.7 Å². The normalized spacial score (nSPS) is 15.6. The van der Waals surface area contributed by atoms with Gasteiger partial charge in [0, 0.05) is 5.69 Å². The van der Waals surface area contributed by atoms with Crippen LogP contribution in [0.4, 0.5) is 5.69 Å². The maximum absolute atomic E-state index is 12.7. The van der Waals surface area contributed by atoms with Gasteiger partial charge in [-0.05, 0) is 42.7 Å². The van der Waals surface area contributed by atoms with Crippen molar-refractivity contribution in [3.05, 3.63) is 60.2 Å². The van der Waals surface area contributed by atoms with Crippen LogP contribution in [0.3, 0.4) is 0 Å². The van der Waals surface area contributed by atoms with Crippen molar-refractivity contribution in [3.8, 4) is 5.75 Å². The number of nitrogens with one attached hydrogen (secondary N) is 2. The monoisotopic (exact) mass is 354 g/mol. The van der Waals surface area contributed by atoms with Crippen molar-refractivity contribution in [1.82, 2.24) is 5.32 Å². The van der Waals surface area contributed by atoms with Crippen molar-refractivity contribution in [2.45, 2.75) is 24.3 Å². The van der Waals surface area contributed by atoms with Gasteiger partial charge in [0.05, 0.1) is 19.1 Å². The molecule has 26 heavy (non-hydrogen) atoms. The summed E-state index contributed by atoms with van der Waals surface area (Å²) in [5.74, 6) is -0.0175. The molecule has 0 heterocycles. The highest BCUT2D eigenvalue weighted by Gasteiger charge is 2.51. The Morgan fingerprint density at radius 3 is 2.31 bits per heavy atom. The molecule has 1 aliphatic rings. The molecule has 0 aromatic heterocycles. The van der Waals surface area contributed by atoms with Gasteiger partial charge in [0.25, 0.3) is 0 Å². The van der Waals surface area contributed by atoms with Gasteiger partial charge in [0.1, 0.15) is 11.8 Å². The van der Waals surface area contributed by atoms with Crippen LogP contribution < -0.4 is 15.4 Å². The average molecular weight is 354 g/mol. The smallest absolute Gasteiger partial charge is 0.249 e. The Morgan fingerprint density at radius 2 is 1.77 bits per heavy atom. The van der Waals surface area contributed by atoms with Gasteiger partial charge in [-0.2, -0.15) is 0 Å². The highest BCUT2D eigenvalue weighted by Crippen LogP contribution is 2.48. The van der Waals surface area contributed by atoms with Gasteiger partial charge in [-0.3, -0.25) is 9.59 Å². The number of hydrogen-bond donors (Lipinski definition) is 3. The number of amides is 2. The molecule has 0 bridgehead atoms. The van der Waals surface area contributed by atoms with E-state index in [-0.39, 0.29) is 5.91 Å². The summed E-state index contributed by atoms with van der Waals surface area (Å²) in [7, 11) is 1.56. The van der Waals surface area contributed by atoms with Gasteiger partial charge in [-0.15, -0.1) is 0 Å². The number of aliphatic hydroxyl groups excluding tert-OH is 1. The molecule has 3 N–H and O–H groups in total. The third-order valence-corrected chi connectivity index (χ3v) is 4.67. The van der Waals surface area contributed by atoms with Crippen LogP contribution >= 0.6 is 0 Å². The molecule has 3 rings (SSSR count).